The molecule has 5 atom stereocenters. The number of carbonyl (C=O) groups excluding carboxylic acids is 1. The summed E-state index contributed by atoms with van der Waals surface area (Å²) in [7, 11) is 0. The minimum absolute atomic E-state index is 0.320. The molecule has 3 aliphatic heterocycles. The van der Waals surface area contributed by atoms with Crippen molar-refractivity contribution in [1.82, 2.24) is 0 Å². The molecule has 0 saturated carbocycles. The molecule has 1 aromatic rings. The first-order valence-corrected chi connectivity index (χ1v) is 11.1. The molecule has 0 spiro atoms. The van der Waals surface area contributed by atoms with Crippen molar-refractivity contribution < 1.29 is 33.2 Å². The molecule has 3 heterocycles. The van der Waals surface area contributed by atoms with E-state index in [2.05, 4.69) is 12.2 Å². The van der Waals surface area contributed by atoms with Gasteiger partial charge in [0.2, 0.25) is 0 Å². The van der Waals surface area contributed by atoms with Crippen molar-refractivity contribution in [2.45, 2.75) is 96.2 Å². The van der Waals surface area contributed by atoms with Crippen LogP contribution in [0.1, 0.15) is 53.9 Å². The van der Waals surface area contributed by atoms with Crippen LogP contribution in [0.4, 0.5) is 5.69 Å². The highest BCUT2D eigenvalue weighted by Crippen LogP contribution is 2.44. The largest absolute Gasteiger partial charge is 0.494 e. The molecule has 0 unspecified atom stereocenters. The fourth-order valence-corrected chi connectivity index (χ4v) is 4.21. The standard InChI is InChI=1S/C23H33NO7/c1-6-7-8-13-26-15-11-9-14(10-12-15)24-20(25)18-16-17(29-22(2,3)28-16)19-21(27-18)31-23(4,5)30-19/h9-12,16-19,21H,6-8,13H2,1-5H3,(H,24,25)/t16-,17+,18+,19-,21+/m1/s1. The van der Waals surface area contributed by atoms with Crippen LogP contribution in [0, 0.1) is 0 Å². The van der Waals surface area contributed by atoms with Gasteiger partial charge in [0, 0.05) is 5.69 Å². The van der Waals surface area contributed by atoms with Crippen molar-refractivity contribution in [1.29, 1.82) is 0 Å². The van der Waals surface area contributed by atoms with E-state index in [1.54, 1.807) is 0 Å². The molecule has 31 heavy (non-hydrogen) atoms. The Kier molecular flexibility index (Phi) is 6.29. The van der Waals surface area contributed by atoms with E-state index in [-0.39, 0.29) is 5.91 Å². The average Bonchev–Trinajstić information content (AvgIpc) is 3.19. The average molecular weight is 436 g/mol. The summed E-state index contributed by atoms with van der Waals surface area (Å²) < 4.78 is 35.6. The topological polar surface area (TPSA) is 84.5 Å². The number of benzene rings is 1. The van der Waals surface area contributed by atoms with Gasteiger partial charge in [-0.1, -0.05) is 19.8 Å². The zero-order valence-corrected chi connectivity index (χ0v) is 18.9. The molecule has 172 valence electrons. The molecule has 0 radical (unpaired) electrons. The Morgan fingerprint density at radius 1 is 0.935 bits per heavy atom. The van der Waals surface area contributed by atoms with E-state index in [1.807, 2.05) is 52.0 Å². The van der Waals surface area contributed by atoms with E-state index in [9.17, 15) is 4.79 Å². The third-order valence-electron chi connectivity index (χ3n) is 5.55. The molecule has 1 aromatic carbocycles. The van der Waals surface area contributed by atoms with E-state index in [0.29, 0.717) is 12.3 Å². The van der Waals surface area contributed by atoms with Gasteiger partial charge < -0.3 is 33.7 Å². The van der Waals surface area contributed by atoms with Gasteiger partial charge in [-0.2, -0.15) is 0 Å². The van der Waals surface area contributed by atoms with Crippen molar-refractivity contribution in [3.63, 3.8) is 0 Å². The van der Waals surface area contributed by atoms with Crippen LogP contribution in [0.2, 0.25) is 0 Å². The Labute approximate surface area is 183 Å². The van der Waals surface area contributed by atoms with Gasteiger partial charge in [0.05, 0.1) is 6.61 Å². The monoisotopic (exact) mass is 435 g/mol. The number of hydrogen-bond donors (Lipinski definition) is 1. The summed E-state index contributed by atoms with van der Waals surface area (Å²) in [6.45, 7) is 10.1. The second-order valence-corrected chi connectivity index (χ2v) is 9.16. The van der Waals surface area contributed by atoms with E-state index in [1.165, 1.54) is 0 Å². The highest BCUT2D eigenvalue weighted by molar-refractivity contribution is 5.94. The second-order valence-electron chi connectivity index (χ2n) is 9.16. The number of nitrogens with one attached hydrogen (secondary N) is 1. The number of unbranched alkanes of at least 4 members (excludes halogenated alkanes) is 2. The summed E-state index contributed by atoms with van der Waals surface area (Å²) in [4.78, 5) is 13.1. The normalized spacial score (nSPS) is 32.9. The molecule has 0 aromatic heterocycles. The molecule has 1 N–H and O–H groups in total. The van der Waals surface area contributed by atoms with Crippen LogP contribution in [-0.4, -0.2) is 54.8 Å². The zero-order valence-electron chi connectivity index (χ0n) is 18.9. The van der Waals surface area contributed by atoms with Crippen LogP contribution in [0.25, 0.3) is 0 Å². The lowest BCUT2D eigenvalue weighted by Crippen LogP contribution is -2.58. The van der Waals surface area contributed by atoms with Crippen LogP contribution in [-0.2, 0) is 28.5 Å². The summed E-state index contributed by atoms with van der Waals surface area (Å²) in [6, 6.07) is 7.31. The molecular weight excluding hydrogens is 402 g/mol. The van der Waals surface area contributed by atoms with Gasteiger partial charge >= 0.3 is 0 Å². The number of ether oxygens (including phenoxy) is 6. The molecule has 8 nitrogen and oxygen atoms in total. The van der Waals surface area contributed by atoms with Crippen molar-refractivity contribution in [3.05, 3.63) is 24.3 Å². The number of fused-ring (bicyclic) bond motifs is 3. The Morgan fingerprint density at radius 2 is 1.58 bits per heavy atom. The summed E-state index contributed by atoms with van der Waals surface area (Å²) >= 11 is 0. The van der Waals surface area contributed by atoms with Crippen LogP contribution in [0.5, 0.6) is 5.75 Å². The third kappa shape index (κ3) is 5.04. The van der Waals surface area contributed by atoms with Gasteiger partial charge in [0.1, 0.15) is 24.1 Å². The predicted molar refractivity (Wildman–Crippen MR) is 113 cm³/mol. The van der Waals surface area contributed by atoms with Crippen LogP contribution in [0.3, 0.4) is 0 Å². The second kappa shape index (κ2) is 8.67. The molecule has 0 bridgehead atoms. The SMILES string of the molecule is CCCCCOc1ccc(NC(=O)[C@H]2O[C@H]3OC(C)(C)O[C@@H]3[C@H]3OC(C)(C)O[C@H]32)cc1. The first-order chi connectivity index (χ1) is 14.7. The first kappa shape index (κ1) is 22.5. The van der Waals surface area contributed by atoms with Gasteiger partial charge in [0.25, 0.3) is 5.91 Å². The molecule has 0 aliphatic carbocycles. The molecule has 3 aliphatic rings. The van der Waals surface area contributed by atoms with E-state index in [0.717, 1.165) is 25.0 Å². The smallest absolute Gasteiger partial charge is 0.256 e. The lowest BCUT2D eigenvalue weighted by Gasteiger charge is -2.36. The minimum Gasteiger partial charge on any atom is -0.494 e. The molecule has 1 amide bonds. The summed E-state index contributed by atoms with van der Waals surface area (Å²) in [5.74, 6) is -1.22. The molecule has 4 rings (SSSR count). The number of anilines is 1. The maximum atomic E-state index is 13.1. The number of carbonyl (C=O) groups is 1. The van der Waals surface area contributed by atoms with Crippen molar-refractivity contribution >= 4 is 11.6 Å². The van der Waals surface area contributed by atoms with Gasteiger partial charge in [-0.05, 0) is 58.4 Å². The van der Waals surface area contributed by atoms with Crippen LogP contribution in [0.15, 0.2) is 24.3 Å². The van der Waals surface area contributed by atoms with Gasteiger partial charge in [0.15, 0.2) is 24.0 Å². The summed E-state index contributed by atoms with van der Waals surface area (Å²) in [5.41, 5.74) is 0.648. The van der Waals surface area contributed by atoms with Crippen molar-refractivity contribution in [2.24, 2.45) is 0 Å². The zero-order chi connectivity index (χ0) is 22.2. The van der Waals surface area contributed by atoms with Gasteiger partial charge in [-0.3, -0.25) is 4.79 Å². The van der Waals surface area contributed by atoms with Crippen molar-refractivity contribution in [2.75, 3.05) is 11.9 Å². The maximum Gasteiger partial charge on any atom is 0.256 e. The van der Waals surface area contributed by atoms with Crippen LogP contribution < -0.4 is 10.1 Å². The highest BCUT2D eigenvalue weighted by Gasteiger charge is 2.62. The van der Waals surface area contributed by atoms with Crippen LogP contribution >= 0.6 is 0 Å². The number of hydrogen-bond acceptors (Lipinski definition) is 7. The van der Waals surface area contributed by atoms with Gasteiger partial charge in [-0.25, -0.2) is 0 Å². The minimum atomic E-state index is -0.893. The quantitative estimate of drug-likeness (QED) is 0.655. The lowest BCUT2D eigenvalue weighted by atomic mass is 9.98. The maximum absolute atomic E-state index is 13.1. The van der Waals surface area contributed by atoms with Crippen molar-refractivity contribution in [3.8, 4) is 5.75 Å². The summed E-state index contributed by atoms with van der Waals surface area (Å²) in [5, 5.41) is 2.90. The lowest BCUT2D eigenvalue weighted by molar-refractivity contribution is -0.229. The molecule has 3 saturated heterocycles. The van der Waals surface area contributed by atoms with Gasteiger partial charge in [-0.15, -0.1) is 0 Å². The number of amides is 1. The molecular formula is C23H33NO7. The fourth-order valence-electron chi connectivity index (χ4n) is 4.21. The van der Waals surface area contributed by atoms with E-state index < -0.39 is 42.3 Å². The Morgan fingerprint density at radius 3 is 2.29 bits per heavy atom. The number of rotatable bonds is 7. The molecule has 3 fully saturated rings. The predicted octanol–water partition coefficient (Wildman–Crippen LogP) is 3.59. The Bertz CT molecular complexity index is 779. The van der Waals surface area contributed by atoms with E-state index >= 15 is 0 Å². The highest BCUT2D eigenvalue weighted by atomic mass is 16.9. The first-order valence-electron chi connectivity index (χ1n) is 11.1. The molecule has 8 heteroatoms. The van der Waals surface area contributed by atoms with E-state index in [4.69, 9.17) is 28.4 Å². The summed E-state index contributed by atoms with van der Waals surface area (Å²) in [6.07, 6.45) is 0.198. The third-order valence-corrected chi connectivity index (χ3v) is 5.55. The fraction of sp³-hybridized carbons (Fsp3) is 0.696. The Balaban J connectivity index is 1.42. The Hall–Kier alpha value is -1.71.